The summed E-state index contributed by atoms with van der Waals surface area (Å²) in [5.41, 5.74) is 0. The summed E-state index contributed by atoms with van der Waals surface area (Å²) >= 11 is 0. The van der Waals surface area contributed by atoms with Crippen LogP contribution in [-0.4, -0.2) is 356 Å². The van der Waals surface area contributed by atoms with Crippen LogP contribution in [0.25, 0.3) is 0 Å². The van der Waals surface area contributed by atoms with Crippen LogP contribution in [0.1, 0.15) is 0 Å². The van der Waals surface area contributed by atoms with E-state index in [4.69, 9.17) is 61.6 Å². The van der Waals surface area contributed by atoms with Crippen LogP contribution in [0, 0.1) is 0 Å². The first kappa shape index (κ1) is 60.3. The molecule has 34 heteroatoms. The minimum atomic E-state index is -2.31. The topological polar surface area (TPSA) is 545 Å². The third kappa shape index (κ3) is 12.3. The average molecular weight is 1090 g/mol. The number of aliphatic hydroxyl groups is 21. The molecule has 7 aliphatic rings. The molecule has 0 bridgehead atoms. The Labute approximate surface area is 417 Å². The molecule has 34 nitrogen and oxygen atoms in total. The van der Waals surface area contributed by atoms with Crippen LogP contribution in [0.2, 0.25) is 0 Å². The minimum Gasteiger partial charge on any atom is -0.394 e. The van der Waals surface area contributed by atoms with Crippen LogP contribution in [0.15, 0.2) is 0 Å². The van der Waals surface area contributed by atoms with Gasteiger partial charge in [-0.3, -0.25) is 0 Å². The van der Waals surface area contributed by atoms with Crippen molar-refractivity contribution >= 4 is 0 Å². The lowest BCUT2D eigenvalue weighted by Crippen LogP contribution is -2.70. The van der Waals surface area contributed by atoms with Crippen LogP contribution in [0.4, 0.5) is 0 Å². The predicted octanol–water partition coefficient (Wildman–Crippen LogP) is -15.0. The summed E-state index contributed by atoms with van der Waals surface area (Å²) in [4.78, 5) is 0. The normalized spacial score (nSPS) is 53.7. The second-order valence-corrected chi connectivity index (χ2v) is 18.7. The summed E-state index contributed by atoms with van der Waals surface area (Å²) in [7, 11) is 0. The first-order valence-electron chi connectivity index (χ1n) is 23.5. The molecule has 7 fully saturated rings. The smallest absolute Gasteiger partial charge is 0.187 e. The zero-order chi connectivity index (χ0) is 54.2. The molecule has 0 radical (unpaired) electrons. The summed E-state index contributed by atoms with van der Waals surface area (Å²) < 4.78 is 75.0. The Hall–Kier alpha value is -1.36. The lowest BCUT2D eigenvalue weighted by molar-refractivity contribution is -0.420. The van der Waals surface area contributed by atoms with Gasteiger partial charge in [0, 0.05) is 0 Å². The maximum absolute atomic E-state index is 11.9. The fourth-order valence-electron chi connectivity index (χ4n) is 9.35. The molecule has 7 aliphatic heterocycles. The molecular formula is C40H68O34. The van der Waals surface area contributed by atoms with Gasteiger partial charge < -0.3 is 169 Å². The van der Waals surface area contributed by atoms with Crippen molar-refractivity contribution in [3.05, 3.63) is 0 Å². The first-order chi connectivity index (χ1) is 35.1. The van der Waals surface area contributed by atoms with Crippen molar-refractivity contribution in [3.63, 3.8) is 0 Å². The van der Waals surface area contributed by atoms with Crippen LogP contribution in [-0.2, 0) is 61.6 Å². The van der Waals surface area contributed by atoms with Gasteiger partial charge in [-0.2, -0.15) is 0 Å². The molecule has 0 unspecified atom stereocenters. The molecule has 0 aromatic heterocycles. The largest absolute Gasteiger partial charge is 0.394 e. The van der Waals surface area contributed by atoms with Gasteiger partial charge in [0.15, 0.2) is 44.0 Å². The summed E-state index contributed by atoms with van der Waals surface area (Å²) in [5, 5.41) is 225. The molecule has 0 aromatic carbocycles. The van der Waals surface area contributed by atoms with E-state index in [0.717, 1.165) is 0 Å². The SMILES string of the molecule is OC[C@H]1O[C@@H](O[C@@H]2[C@@H](O[C@H]3[C@H](O)[C@@H](CO)O[C@H](O[C@H]4[C@H](O)[C@@H](CO)O[C@H](O[C@@H]5[C@H](O)[C@@H](O)O[C@H](CO)[C@H]5O)[C@H]4O[C@@H]4OC[C@@H](O)[C@H](O)[C@H]4O)[C@H]3O[C@@H]3OC[C@@H](O)[C@H](O)[C@H]3O)O[C@H](CO)[C@@H](O)[C@@H]2O)[C@H](O)[C@@H](O)[C@@H]1O. The van der Waals surface area contributed by atoms with Gasteiger partial charge in [0.2, 0.25) is 0 Å². The second-order valence-electron chi connectivity index (χ2n) is 18.7. The molecule has 0 spiro atoms. The molecule has 0 aromatic rings. The van der Waals surface area contributed by atoms with E-state index in [9.17, 15) is 107 Å². The zero-order valence-corrected chi connectivity index (χ0v) is 38.7. The van der Waals surface area contributed by atoms with Gasteiger partial charge in [0.25, 0.3) is 0 Å². The third-order valence-electron chi connectivity index (χ3n) is 13.8. The number of aliphatic hydroxyl groups excluding tert-OH is 21. The van der Waals surface area contributed by atoms with E-state index in [2.05, 4.69) is 0 Å². The van der Waals surface area contributed by atoms with Crippen molar-refractivity contribution in [2.24, 2.45) is 0 Å². The predicted molar refractivity (Wildman–Crippen MR) is 220 cm³/mol. The van der Waals surface area contributed by atoms with Crippen molar-refractivity contribution < 1.29 is 169 Å². The zero-order valence-electron chi connectivity index (χ0n) is 38.7. The van der Waals surface area contributed by atoms with E-state index < -0.39 is 249 Å². The molecule has 0 amide bonds. The Morgan fingerprint density at radius 1 is 0.257 bits per heavy atom. The first-order valence-corrected chi connectivity index (χ1v) is 23.5. The van der Waals surface area contributed by atoms with Crippen molar-refractivity contribution in [2.75, 3.05) is 46.2 Å². The highest BCUT2D eigenvalue weighted by Crippen LogP contribution is 2.39. The molecule has 0 saturated carbocycles. The monoisotopic (exact) mass is 1090 g/mol. The highest BCUT2D eigenvalue weighted by Gasteiger charge is 2.60. The molecule has 0 aliphatic carbocycles. The standard InChI is InChI=1S/C40H68O34/c41-1-10-17(50)22(55)26(59)37(65-10)72-31-23(56)18(51)11(2-42)66-38(31)70-29-20(53)14(5-45)68-40(33(29)74-36-25(58)16(49)9(47)7-63-36)71-30-21(54)13(4-44)67-39(32(30)73-35-24(57)15(48)8(46)6-62-35)69-28-19(52)12(3-43)64-34(61)27(28)60/h8-61H,1-7H2/t8-,9-,10-,11-,12-,13-,14-,15+,16+,17-,18-,19-,20-,21-,22+,23+,24-,25-,26-,27+,28+,29+,30+,31+,32+,33+,34+,35+,36+,37+,38-,39-,40-/m1/s1. The number of rotatable bonds is 17. The Kier molecular flexibility index (Phi) is 21.0. The van der Waals surface area contributed by atoms with Crippen molar-refractivity contribution in [1.29, 1.82) is 0 Å². The average Bonchev–Trinajstić information content (AvgIpc) is 3.38. The van der Waals surface area contributed by atoms with Crippen LogP contribution in [0.3, 0.4) is 0 Å². The fraction of sp³-hybridized carbons (Fsp3) is 1.00. The van der Waals surface area contributed by atoms with Crippen molar-refractivity contribution in [3.8, 4) is 0 Å². The Balaban J connectivity index is 1.29. The number of hydrogen-bond acceptors (Lipinski definition) is 34. The molecule has 7 rings (SSSR count). The van der Waals surface area contributed by atoms with Crippen LogP contribution >= 0.6 is 0 Å². The van der Waals surface area contributed by atoms with E-state index in [1.54, 1.807) is 0 Å². The fourth-order valence-corrected chi connectivity index (χ4v) is 9.35. The van der Waals surface area contributed by atoms with Gasteiger partial charge in [-0.25, -0.2) is 0 Å². The van der Waals surface area contributed by atoms with Gasteiger partial charge in [-0.05, 0) is 0 Å². The van der Waals surface area contributed by atoms with E-state index in [1.807, 2.05) is 0 Å². The van der Waals surface area contributed by atoms with E-state index in [0.29, 0.717) is 0 Å². The lowest BCUT2D eigenvalue weighted by Gasteiger charge is -2.52. The molecule has 7 heterocycles. The highest BCUT2D eigenvalue weighted by atomic mass is 16.8. The Morgan fingerprint density at radius 2 is 0.568 bits per heavy atom. The molecular weight excluding hydrogens is 1020 g/mol. The number of ether oxygens (including phenoxy) is 13. The van der Waals surface area contributed by atoms with Crippen LogP contribution < -0.4 is 0 Å². The van der Waals surface area contributed by atoms with E-state index in [1.165, 1.54) is 0 Å². The van der Waals surface area contributed by atoms with Gasteiger partial charge in [0.1, 0.15) is 159 Å². The summed E-state index contributed by atoms with van der Waals surface area (Å²) in [6.45, 7) is -6.66. The molecule has 432 valence electrons. The molecule has 21 N–H and O–H groups in total. The Bertz CT molecular complexity index is 1710. The van der Waals surface area contributed by atoms with Crippen molar-refractivity contribution in [1.82, 2.24) is 0 Å². The summed E-state index contributed by atoms with van der Waals surface area (Å²) in [6.07, 6.45) is -67.3. The minimum absolute atomic E-state index is 0.703. The summed E-state index contributed by atoms with van der Waals surface area (Å²) in [5.74, 6) is 0. The maximum atomic E-state index is 11.9. The van der Waals surface area contributed by atoms with Gasteiger partial charge >= 0.3 is 0 Å². The number of hydrogen-bond donors (Lipinski definition) is 21. The maximum Gasteiger partial charge on any atom is 0.187 e. The van der Waals surface area contributed by atoms with Gasteiger partial charge in [-0.15, -0.1) is 0 Å². The quantitative estimate of drug-likeness (QED) is 0.0643. The molecule has 33 atom stereocenters. The second kappa shape index (κ2) is 25.8. The van der Waals surface area contributed by atoms with Crippen molar-refractivity contribution in [2.45, 2.75) is 203 Å². The lowest BCUT2D eigenvalue weighted by atomic mass is 9.94. The van der Waals surface area contributed by atoms with E-state index in [-0.39, 0.29) is 0 Å². The van der Waals surface area contributed by atoms with Gasteiger partial charge in [-0.1, -0.05) is 0 Å². The molecule has 74 heavy (non-hydrogen) atoms. The summed E-state index contributed by atoms with van der Waals surface area (Å²) in [6, 6.07) is 0. The van der Waals surface area contributed by atoms with Crippen LogP contribution in [0.5, 0.6) is 0 Å². The Morgan fingerprint density at radius 3 is 1.00 bits per heavy atom. The van der Waals surface area contributed by atoms with Gasteiger partial charge in [0.05, 0.1) is 46.2 Å². The van der Waals surface area contributed by atoms with E-state index >= 15 is 0 Å². The highest BCUT2D eigenvalue weighted by molar-refractivity contribution is 5.01. The third-order valence-corrected chi connectivity index (χ3v) is 13.8. The molecule has 7 saturated heterocycles.